The summed E-state index contributed by atoms with van der Waals surface area (Å²) in [6, 6.07) is 0. The van der Waals surface area contributed by atoms with Gasteiger partial charge in [0.05, 0.1) is 23.8 Å². The molecule has 2 bridgehead atoms. The van der Waals surface area contributed by atoms with Crippen molar-refractivity contribution in [3.8, 4) is 0 Å². The molecule has 12 nitrogen and oxygen atoms in total. The fourth-order valence-corrected chi connectivity index (χ4v) is 8.17. The summed E-state index contributed by atoms with van der Waals surface area (Å²) < 4.78 is 18.8. The van der Waals surface area contributed by atoms with Gasteiger partial charge >= 0.3 is 7.12 Å². The highest BCUT2D eigenvalue weighted by molar-refractivity contribution is 6.47. The van der Waals surface area contributed by atoms with Crippen LogP contribution in [-0.2, 0) is 23.6 Å². The van der Waals surface area contributed by atoms with E-state index in [0.717, 1.165) is 32.1 Å². The van der Waals surface area contributed by atoms with Crippen molar-refractivity contribution in [1.29, 1.82) is 0 Å². The first-order valence-electron chi connectivity index (χ1n) is 16.1. The molecular formula is C30H52BN5O7. The molecule has 0 spiro atoms. The second kappa shape index (κ2) is 13.8. The van der Waals surface area contributed by atoms with Crippen LogP contribution in [0.4, 0.5) is 0 Å². The molecule has 0 aromatic carbocycles. The highest BCUT2D eigenvalue weighted by Gasteiger charge is 2.68. The normalized spacial score (nSPS) is 32.9. The van der Waals surface area contributed by atoms with Crippen molar-refractivity contribution >= 4 is 24.8 Å². The number of Topliss-reactive ketones (excluding diaryl/α,β-unsaturated/α-hetero) is 1. The number of rotatable bonds is 14. The summed E-state index contributed by atoms with van der Waals surface area (Å²) in [7, 11) is 1.13. The van der Waals surface area contributed by atoms with E-state index in [1.807, 2.05) is 5.43 Å². The quantitative estimate of drug-likeness (QED) is 0.0671. The Bertz CT molecular complexity index is 1060. The molecule has 0 radical (unpaired) electrons. The zero-order valence-corrected chi connectivity index (χ0v) is 26.8. The van der Waals surface area contributed by atoms with Gasteiger partial charge in [-0.15, -0.1) is 0 Å². The average Bonchev–Trinajstić information content (AvgIpc) is 3.30. The number of methoxy groups -OCH3 is 1. The summed E-state index contributed by atoms with van der Waals surface area (Å²) in [5.41, 5.74) is 7.21. The number of guanidine groups is 1. The number of hydrogen-bond acceptors (Lipinski definition) is 8. The van der Waals surface area contributed by atoms with E-state index < -0.39 is 18.1 Å². The Morgan fingerprint density at radius 2 is 1.95 bits per heavy atom. The van der Waals surface area contributed by atoms with E-state index in [-0.39, 0.29) is 71.6 Å². The SMILES string of the molecule is COC1CCCC(C(=O)C[C@@H](CCCN=C(N)N[N+](=O)[O-])C(=O)N[C@@H](CC(C)C)B2O[C@@H]3C[C@H]4C[C@H](C4(C)C)[C@]3(C)O2)C1. The third kappa shape index (κ3) is 7.71. The minimum absolute atomic E-state index is 0.00865. The Kier molecular flexibility index (Phi) is 10.8. The van der Waals surface area contributed by atoms with Crippen LogP contribution in [0.1, 0.15) is 98.8 Å². The van der Waals surface area contributed by atoms with Gasteiger partial charge in [-0.1, -0.05) is 39.5 Å². The summed E-state index contributed by atoms with van der Waals surface area (Å²) in [6.45, 7) is 11.2. The summed E-state index contributed by atoms with van der Waals surface area (Å²) >= 11 is 0. The molecule has 1 aliphatic heterocycles. The third-order valence-corrected chi connectivity index (χ3v) is 10.8. The van der Waals surface area contributed by atoms with Crippen LogP contribution in [0.3, 0.4) is 0 Å². The van der Waals surface area contributed by atoms with Crippen LogP contribution in [0.15, 0.2) is 4.99 Å². The second-order valence-electron chi connectivity index (χ2n) is 14.4. The summed E-state index contributed by atoms with van der Waals surface area (Å²) in [6.07, 6.45) is 7.18. The summed E-state index contributed by atoms with van der Waals surface area (Å²) in [5, 5.41) is 13.1. The molecule has 0 aromatic rings. The van der Waals surface area contributed by atoms with Crippen LogP contribution in [0.2, 0.25) is 0 Å². The van der Waals surface area contributed by atoms with Gasteiger partial charge in [-0.25, -0.2) is 15.1 Å². The number of nitrogens with one attached hydrogen (secondary N) is 2. The monoisotopic (exact) mass is 605 g/mol. The number of hydrazine groups is 1. The first-order chi connectivity index (χ1) is 20.2. The molecule has 5 rings (SSSR count). The topological polar surface area (TPSA) is 167 Å². The van der Waals surface area contributed by atoms with Crippen molar-refractivity contribution < 1.29 is 28.7 Å². The first kappa shape index (κ1) is 33.6. The lowest BCUT2D eigenvalue weighted by molar-refractivity contribution is -0.525. The maximum atomic E-state index is 13.9. The van der Waals surface area contributed by atoms with E-state index in [4.69, 9.17) is 19.8 Å². The van der Waals surface area contributed by atoms with E-state index in [0.29, 0.717) is 37.5 Å². The zero-order valence-electron chi connectivity index (χ0n) is 26.8. The minimum Gasteiger partial charge on any atom is -0.404 e. The van der Waals surface area contributed by atoms with Gasteiger partial charge in [-0.2, -0.15) is 0 Å². The van der Waals surface area contributed by atoms with Crippen LogP contribution in [-0.4, -0.2) is 67.2 Å². The number of carbonyl (C=O) groups excluding carboxylic acids is 2. The van der Waals surface area contributed by atoms with E-state index in [1.54, 1.807) is 7.11 Å². The molecule has 1 amide bonds. The second-order valence-corrected chi connectivity index (χ2v) is 14.4. The van der Waals surface area contributed by atoms with Crippen molar-refractivity contribution in [2.45, 2.75) is 123 Å². The predicted octanol–water partition coefficient (Wildman–Crippen LogP) is 3.44. The van der Waals surface area contributed by atoms with Gasteiger partial charge in [0.15, 0.2) is 5.03 Å². The highest BCUT2D eigenvalue weighted by Crippen LogP contribution is 2.65. The molecule has 5 aliphatic rings. The van der Waals surface area contributed by atoms with Gasteiger partial charge in [-0.05, 0) is 81.5 Å². The van der Waals surface area contributed by atoms with Crippen molar-refractivity contribution in [2.24, 2.45) is 45.7 Å². The van der Waals surface area contributed by atoms with E-state index in [9.17, 15) is 19.7 Å². The minimum atomic E-state index is -0.770. The number of nitrogens with zero attached hydrogens (tertiary/aromatic N) is 2. The van der Waals surface area contributed by atoms with Crippen molar-refractivity contribution in [2.75, 3.05) is 13.7 Å². The van der Waals surface area contributed by atoms with Gasteiger partial charge < -0.3 is 25.1 Å². The lowest BCUT2D eigenvalue weighted by Gasteiger charge is -2.64. The number of amides is 1. The van der Waals surface area contributed by atoms with E-state index >= 15 is 0 Å². The lowest BCUT2D eigenvalue weighted by Crippen LogP contribution is -2.65. The maximum Gasteiger partial charge on any atom is 0.481 e. The molecule has 0 aromatic heterocycles. The predicted molar refractivity (Wildman–Crippen MR) is 163 cm³/mol. The number of hydrogen-bond donors (Lipinski definition) is 3. The van der Waals surface area contributed by atoms with Crippen LogP contribution in [0.5, 0.6) is 0 Å². The summed E-state index contributed by atoms with van der Waals surface area (Å²) in [5.74, 6) is -0.132. The van der Waals surface area contributed by atoms with Crippen LogP contribution in [0, 0.1) is 45.1 Å². The number of aliphatic imine (C=N–C) groups is 1. The Labute approximate surface area is 256 Å². The third-order valence-electron chi connectivity index (χ3n) is 10.8. The van der Waals surface area contributed by atoms with Gasteiger partial charge in [0, 0.05) is 31.9 Å². The fourth-order valence-electron chi connectivity index (χ4n) is 8.17. The van der Waals surface area contributed by atoms with Crippen molar-refractivity contribution in [3.63, 3.8) is 0 Å². The number of carbonyl (C=O) groups is 2. The molecular weight excluding hydrogens is 553 g/mol. The molecule has 8 atom stereocenters. The standard InChI is InChI=1S/C30H52BN5O7/c1-18(2)13-26(31-42-25-17-21-16-24(29(21,3)4)30(25,5)43-31)34-27(38)20(10-8-12-33-28(32)35-36(39)40)15-23(37)19-9-7-11-22(14-19)41-6/h18-22,24-26H,7-17H2,1-6H3,(H,34,38)(H3,32,33,35)/t19?,20-,21-,22?,24-,25-,26+,30+/m1/s1. The smallest absolute Gasteiger partial charge is 0.404 e. The summed E-state index contributed by atoms with van der Waals surface area (Å²) in [4.78, 5) is 42.0. The molecule has 13 heteroatoms. The molecule has 4 saturated carbocycles. The van der Waals surface area contributed by atoms with Gasteiger partial charge in [0.2, 0.25) is 5.91 Å². The number of ketones is 1. The van der Waals surface area contributed by atoms with Gasteiger partial charge in [0.25, 0.3) is 5.96 Å². The molecule has 1 heterocycles. The average molecular weight is 606 g/mol. The molecule has 4 N–H and O–H groups in total. The fraction of sp³-hybridized carbons (Fsp3) is 0.900. The molecule has 1 saturated heterocycles. The Morgan fingerprint density at radius 1 is 1.21 bits per heavy atom. The first-order valence-corrected chi connectivity index (χ1v) is 16.1. The van der Waals surface area contributed by atoms with Gasteiger partial charge in [0.1, 0.15) is 5.78 Å². The molecule has 5 fully saturated rings. The Hall–Kier alpha value is -2.25. The van der Waals surface area contributed by atoms with Crippen molar-refractivity contribution in [3.05, 3.63) is 10.1 Å². The van der Waals surface area contributed by atoms with Crippen LogP contribution >= 0.6 is 0 Å². The Morgan fingerprint density at radius 3 is 2.60 bits per heavy atom. The molecule has 242 valence electrons. The van der Waals surface area contributed by atoms with Gasteiger partial charge in [-0.3, -0.25) is 9.59 Å². The lowest BCUT2D eigenvalue weighted by atomic mass is 9.43. The largest absolute Gasteiger partial charge is 0.481 e. The zero-order chi connectivity index (χ0) is 31.5. The Balaban J connectivity index is 1.45. The van der Waals surface area contributed by atoms with E-state index in [2.05, 4.69) is 44.9 Å². The number of ether oxygens (including phenoxy) is 1. The van der Waals surface area contributed by atoms with Crippen molar-refractivity contribution in [1.82, 2.24) is 10.7 Å². The maximum absolute atomic E-state index is 13.9. The number of nitro groups is 1. The molecule has 4 aliphatic carbocycles. The number of nitrogens with two attached hydrogens (primary N) is 1. The molecule has 2 unspecified atom stereocenters. The van der Waals surface area contributed by atoms with Crippen LogP contribution in [0.25, 0.3) is 0 Å². The van der Waals surface area contributed by atoms with E-state index in [1.165, 1.54) is 0 Å². The highest BCUT2D eigenvalue weighted by atomic mass is 16.7. The molecule has 43 heavy (non-hydrogen) atoms. The van der Waals surface area contributed by atoms with Crippen LogP contribution < -0.4 is 16.5 Å².